The number of nitrogens with zero attached hydrogens (tertiary/aromatic N) is 2. The zero-order valence-electron chi connectivity index (χ0n) is 14.1. The fourth-order valence-electron chi connectivity index (χ4n) is 2.91. The van der Waals surface area contributed by atoms with E-state index in [4.69, 9.17) is 27.9 Å². The summed E-state index contributed by atoms with van der Waals surface area (Å²) in [6.45, 7) is 7.66. The third-order valence-corrected chi connectivity index (χ3v) is 4.79. The number of halogens is 2. The number of hydrogen-bond donors (Lipinski definition) is 0. The summed E-state index contributed by atoms with van der Waals surface area (Å²) in [5, 5.41) is 1.24. The summed E-state index contributed by atoms with van der Waals surface area (Å²) in [5.74, 6) is 0.117. The molecule has 0 aliphatic carbocycles. The molecular formula is C17H24Cl2N2O2. The van der Waals surface area contributed by atoms with Gasteiger partial charge in [0.1, 0.15) is 0 Å². The highest BCUT2D eigenvalue weighted by Crippen LogP contribution is 2.29. The molecule has 2 rings (SSSR count). The Morgan fingerprint density at radius 3 is 2.52 bits per heavy atom. The molecule has 23 heavy (non-hydrogen) atoms. The van der Waals surface area contributed by atoms with Crippen molar-refractivity contribution < 1.29 is 9.53 Å². The summed E-state index contributed by atoms with van der Waals surface area (Å²) in [4.78, 5) is 16.4. The van der Waals surface area contributed by atoms with E-state index in [1.807, 2.05) is 49.8 Å². The predicted molar refractivity (Wildman–Crippen MR) is 94.1 cm³/mol. The second-order valence-corrected chi connectivity index (χ2v) is 7.16. The molecule has 1 aromatic carbocycles. The van der Waals surface area contributed by atoms with E-state index in [-0.39, 0.29) is 24.2 Å². The lowest BCUT2D eigenvalue weighted by Crippen LogP contribution is -2.50. The Labute approximate surface area is 148 Å². The third-order valence-electron chi connectivity index (χ3n) is 4.23. The van der Waals surface area contributed by atoms with Crippen molar-refractivity contribution in [2.45, 2.75) is 39.0 Å². The largest absolute Gasteiger partial charge is 0.372 e. The van der Waals surface area contributed by atoms with Crippen LogP contribution in [0.1, 0.15) is 32.4 Å². The van der Waals surface area contributed by atoms with Gasteiger partial charge < -0.3 is 9.64 Å². The van der Waals surface area contributed by atoms with Crippen LogP contribution in [0.2, 0.25) is 10.0 Å². The van der Waals surface area contributed by atoms with Gasteiger partial charge in [-0.2, -0.15) is 0 Å². The zero-order chi connectivity index (χ0) is 17.1. The fourth-order valence-corrected chi connectivity index (χ4v) is 3.48. The van der Waals surface area contributed by atoms with Crippen LogP contribution in [0, 0.1) is 0 Å². The molecular weight excluding hydrogens is 335 g/mol. The zero-order valence-corrected chi connectivity index (χ0v) is 15.6. The smallest absolute Gasteiger partial charge is 0.236 e. The first-order chi connectivity index (χ1) is 10.8. The van der Waals surface area contributed by atoms with E-state index in [9.17, 15) is 4.79 Å². The van der Waals surface area contributed by atoms with Gasteiger partial charge >= 0.3 is 0 Å². The number of morpholine rings is 1. The number of likely N-dealkylation sites (N-methyl/N-ethyl adjacent to an activating group) is 1. The van der Waals surface area contributed by atoms with Gasteiger partial charge in [-0.15, -0.1) is 0 Å². The van der Waals surface area contributed by atoms with Gasteiger partial charge in [0, 0.05) is 29.2 Å². The van der Waals surface area contributed by atoms with Crippen LogP contribution < -0.4 is 0 Å². The van der Waals surface area contributed by atoms with E-state index >= 15 is 0 Å². The van der Waals surface area contributed by atoms with Crippen molar-refractivity contribution in [2.24, 2.45) is 0 Å². The average molecular weight is 359 g/mol. The normalized spacial score (nSPS) is 23.2. The van der Waals surface area contributed by atoms with Crippen LogP contribution in [0.5, 0.6) is 0 Å². The van der Waals surface area contributed by atoms with Crippen molar-refractivity contribution in [3.63, 3.8) is 0 Å². The number of carbonyl (C=O) groups excluding carboxylic acids is 1. The van der Waals surface area contributed by atoms with Gasteiger partial charge in [0.05, 0.1) is 18.8 Å². The fraction of sp³-hybridized carbons (Fsp3) is 0.588. The SMILES string of the molecule is CC1CN(C(=O)CN(C)C(C)c2ccc(Cl)cc2Cl)CC(C)O1. The highest BCUT2D eigenvalue weighted by atomic mass is 35.5. The number of hydrogen-bond acceptors (Lipinski definition) is 3. The maximum absolute atomic E-state index is 12.5. The van der Waals surface area contributed by atoms with Crippen molar-refractivity contribution in [3.05, 3.63) is 33.8 Å². The van der Waals surface area contributed by atoms with E-state index in [0.29, 0.717) is 29.7 Å². The molecule has 1 saturated heterocycles. The quantitative estimate of drug-likeness (QED) is 0.823. The molecule has 4 nitrogen and oxygen atoms in total. The molecule has 1 aliphatic heterocycles. The van der Waals surface area contributed by atoms with Crippen molar-refractivity contribution in [3.8, 4) is 0 Å². The van der Waals surface area contributed by atoms with Gasteiger partial charge in [0.2, 0.25) is 5.91 Å². The molecule has 128 valence electrons. The predicted octanol–water partition coefficient (Wildman–Crippen LogP) is 3.62. The van der Waals surface area contributed by atoms with Gasteiger partial charge in [0.25, 0.3) is 0 Å². The van der Waals surface area contributed by atoms with Gasteiger partial charge in [-0.05, 0) is 45.5 Å². The first kappa shape index (κ1) is 18.5. The maximum atomic E-state index is 12.5. The third kappa shape index (κ3) is 4.83. The van der Waals surface area contributed by atoms with Crippen LogP contribution in [0.4, 0.5) is 0 Å². The molecule has 1 aliphatic rings. The van der Waals surface area contributed by atoms with E-state index in [0.717, 1.165) is 5.56 Å². The summed E-state index contributed by atoms with van der Waals surface area (Å²) in [7, 11) is 1.93. The van der Waals surface area contributed by atoms with E-state index < -0.39 is 0 Å². The Morgan fingerprint density at radius 1 is 1.35 bits per heavy atom. The van der Waals surface area contributed by atoms with Crippen LogP contribution in [-0.4, -0.2) is 54.6 Å². The van der Waals surface area contributed by atoms with Crippen molar-refractivity contribution in [1.29, 1.82) is 0 Å². The minimum atomic E-state index is 0.0274. The van der Waals surface area contributed by atoms with Crippen molar-refractivity contribution in [1.82, 2.24) is 9.80 Å². The Morgan fingerprint density at radius 2 is 1.96 bits per heavy atom. The van der Waals surface area contributed by atoms with Crippen LogP contribution in [-0.2, 0) is 9.53 Å². The molecule has 1 amide bonds. The van der Waals surface area contributed by atoms with Gasteiger partial charge in [-0.3, -0.25) is 9.69 Å². The summed E-state index contributed by atoms with van der Waals surface area (Å²) < 4.78 is 5.68. The molecule has 0 spiro atoms. The number of ether oxygens (including phenoxy) is 1. The molecule has 3 unspecified atom stereocenters. The summed E-state index contributed by atoms with van der Waals surface area (Å²) in [5.41, 5.74) is 0.968. The van der Waals surface area contributed by atoms with Crippen molar-refractivity contribution >= 4 is 29.1 Å². The average Bonchev–Trinajstić information content (AvgIpc) is 2.45. The molecule has 0 aromatic heterocycles. The summed E-state index contributed by atoms with van der Waals surface area (Å²) >= 11 is 12.2. The van der Waals surface area contributed by atoms with Crippen molar-refractivity contribution in [2.75, 3.05) is 26.7 Å². The molecule has 0 bridgehead atoms. The number of amides is 1. The highest BCUT2D eigenvalue weighted by molar-refractivity contribution is 6.35. The second kappa shape index (κ2) is 7.84. The summed E-state index contributed by atoms with van der Waals surface area (Å²) in [6, 6.07) is 5.49. The molecule has 0 radical (unpaired) electrons. The van der Waals surface area contributed by atoms with Crippen LogP contribution in [0.3, 0.4) is 0 Å². The summed E-state index contributed by atoms with van der Waals surface area (Å²) in [6.07, 6.45) is 0.160. The molecule has 1 fully saturated rings. The van der Waals surface area contributed by atoms with Gasteiger partial charge in [0.15, 0.2) is 0 Å². The van der Waals surface area contributed by atoms with E-state index in [1.54, 1.807) is 6.07 Å². The minimum absolute atomic E-state index is 0.0274. The number of benzene rings is 1. The first-order valence-corrected chi connectivity index (χ1v) is 8.62. The van der Waals surface area contributed by atoms with Gasteiger partial charge in [-0.1, -0.05) is 29.3 Å². The monoisotopic (exact) mass is 358 g/mol. The van der Waals surface area contributed by atoms with E-state index in [1.165, 1.54) is 0 Å². The Kier molecular flexibility index (Phi) is 6.32. The Hall–Kier alpha value is -0.810. The Bertz CT molecular complexity index is 558. The molecule has 6 heteroatoms. The maximum Gasteiger partial charge on any atom is 0.236 e. The van der Waals surface area contributed by atoms with E-state index in [2.05, 4.69) is 0 Å². The standard InChI is InChI=1S/C17H24Cl2N2O2/c1-11-8-21(9-12(2)23-11)17(22)10-20(4)13(3)15-6-5-14(18)7-16(15)19/h5-7,11-13H,8-10H2,1-4H3. The van der Waals surface area contributed by atoms with Crippen LogP contribution in [0.25, 0.3) is 0 Å². The lowest BCUT2D eigenvalue weighted by molar-refractivity contribution is -0.144. The molecule has 0 N–H and O–H groups in total. The molecule has 1 aromatic rings. The Balaban J connectivity index is 2.00. The van der Waals surface area contributed by atoms with Crippen LogP contribution in [0.15, 0.2) is 18.2 Å². The highest BCUT2D eigenvalue weighted by Gasteiger charge is 2.27. The number of carbonyl (C=O) groups is 1. The second-order valence-electron chi connectivity index (χ2n) is 6.31. The number of rotatable bonds is 4. The topological polar surface area (TPSA) is 32.8 Å². The van der Waals surface area contributed by atoms with Crippen LogP contribution >= 0.6 is 23.2 Å². The molecule has 1 heterocycles. The minimum Gasteiger partial charge on any atom is -0.372 e. The lowest BCUT2D eigenvalue weighted by Gasteiger charge is -2.36. The molecule has 0 saturated carbocycles. The lowest BCUT2D eigenvalue weighted by atomic mass is 10.1. The van der Waals surface area contributed by atoms with Gasteiger partial charge in [-0.25, -0.2) is 0 Å². The first-order valence-electron chi connectivity index (χ1n) is 7.86. The molecule has 3 atom stereocenters.